The van der Waals surface area contributed by atoms with Crippen molar-refractivity contribution in [3.05, 3.63) is 0 Å². The summed E-state index contributed by atoms with van der Waals surface area (Å²) in [7, 11) is 8.44. The summed E-state index contributed by atoms with van der Waals surface area (Å²) >= 11 is 0. The Morgan fingerprint density at radius 2 is 0.560 bits per heavy atom. The van der Waals surface area contributed by atoms with Crippen molar-refractivity contribution in [3.8, 4) is 0 Å². The Kier molecular flexibility index (Phi) is 26.8. The predicted octanol–water partition coefficient (Wildman–Crippen LogP) is 9.64. The molecule has 0 fully saturated rings. The highest BCUT2D eigenvalue weighted by molar-refractivity contribution is 8.77. The lowest BCUT2D eigenvalue weighted by Gasteiger charge is -2.03. The molecule has 0 atom stereocenters. The molecule has 0 aliphatic heterocycles. The lowest BCUT2D eigenvalue weighted by atomic mass is 10.1. The summed E-state index contributed by atoms with van der Waals surface area (Å²) in [4.78, 5) is 0. The molecule has 0 heterocycles. The SMILES string of the molecule is CCCCCCCCSSCCCCCSSCCCCCCCC. The molecular weight excluding hydrogens is 380 g/mol. The van der Waals surface area contributed by atoms with E-state index >= 15 is 0 Å². The van der Waals surface area contributed by atoms with Crippen LogP contribution in [0.1, 0.15) is 110 Å². The van der Waals surface area contributed by atoms with Gasteiger partial charge >= 0.3 is 0 Å². The van der Waals surface area contributed by atoms with Gasteiger partial charge in [0.2, 0.25) is 0 Å². The first-order chi connectivity index (χ1) is 12.4. The van der Waals surface area contributed by atoms with Gasteiger partial charge in [0.25, 0.3) is 0 Å². The molecule has 25 heavy (non-hydrogen) atoms. The maximum absolute atomic E-state index is 2.29. The van der Waals surface area contributed by atoms with Gasteiger partial charge in [-0.2, -0.15) is 0 Å². The van der Waals surface area contributed by atoms with Crippen molar-refractivity contribution < 1.29 is 0 Å². The van der Waals surface area contributed by atoms with E-state index in [1.165, 1.54) is 119 Å². The zero-order valence-corrected chi connectivity index (χ0v) is 20.3. The molecule has 0 aliphatic carbocycles. The zero-order valence-electron chi connectivity index (χ0n) is 17.1. The second kappa shape index (κ2) is 25.4. The minimum absolute atomic E-state index is 1.36. The molecule has 0 unspecified atom stereocenters. The van der Waals surface area contributed by atoms with Crippen molar-refractivity contribution in [3.63, 3.8) is 0 Å². The van der Waals surface area contributed by atoms with E-state index in [2.05, 4.69) is 57.0 Å². The van der Waals surface area contributed by atoms with Gasteiger partial charge in [-0.25, -0.2) is 0 Å². The van der Waals surface area contributed by atoms with Crippen molar-refractivity contribution in [2.45, 2.75) is 110 Å². The van der Waals surface area contributed by atoms with Gasteiger partial charge in [-0.3, -0.25) is 0 Å². The van der Waals surface area contributed by atoms with Crippen LogP contribution in [0.5, 0.6) is 0 Å². The number of hydrogen-bond donors (Lipinski definition) is 0. The van der Waals surface area contributed by atoms with E-state index in [0.29, 0.717) is 0 Å². The van der Waals surface area contributed by atoms with Crippen molar-refractivity contribution in [2.75, 3.05) is 23.0 Å². The molecule has 0 rings (SSSR count). The molecule has 152 valence electrons. The Bertz CT molecular complexity index is 202. The molecule has 0 radical (unpaired) electrons. The van der Waals surface area contributed by atoms with E-state index < -0.39 is 0 Å². The maximum atomic E-state index is 2.29. The summed E-state index contributed by atoms with van der Waals surface area (Å²) in [6.45, 7) is 4.58. The first kappa shape index (κ1) is 26.4. The maximum Gasteiger partial charge on any atom is 0.00369 e. The van der Waals surface area contributed by atoms with Crippen LogP contribution in [0.4, 0.5) is 0 Å². The van der Waals surface area contributed by atoms with Crippen LogP contribution in [0, 0.1) is 0 Å². The van der Waals surface area contributed by atoms with Crippen LogP contribution in [0.25, 0.3) is 0 Å². The molecular formula is C21H44S4. The second-order valence-electron chi connectivity index (χ2n) is 6.88. The monoisotopic (exact) mass is 424 g/mol. The smallest absolute Gasteiger partial charge is 0.00369 e. The standard InChI is InChI=1S/C21H44S4/c1-3-5-7-9-11-14-18-22-24-20-16-13-17-21-25-23-19-15-12-10-8-6-4-2/h3-21H2,1-2H3. The summed E-state index contributed by atoms with van der Waals surface area (Å²) in [5.41, 5.74) is 0. The van der Waals surface area contributed by atoms with Gasteiger partial charge in [0.05, 0.1) is 0 Å². The summed E-state index contributed by atoms with van der Waals surface area (Å²) in [6.07, 6.45) is 21.4. The van der Waals surface area contributed by atoms with E-state index in [0.717, 1.165) is 0 Å². The fraction of sp³-hybridized carbons (Fsp3) is 1.00. The first-order valence-electron chi connectivity index (χ1n) is 10.9. The van der Waals surface area contributed by atoms with Crippen LogP contribution in [0.15, 0.2) is 0 Å². The summed E-state index contributed by atoms with van der Waals surface area (Å²) in [5.74, 6) is 5.44. The molecule has 0 amide bonds. The molecule has 0 aromatic heterocycles. The fourth-order valence-corrected chi connectivity index (χ4v) is 7.20. The Morgan fingerprint density at radius 1 is 0.320 bits per heavy atom. The van der Waals surface area contributed by atoms with E-state index in [1.54, 1.807) is 0 Å². The van der Waals surface area contributed by atoms with Gasteiger partial charge in [-0.1, -0.05) is 128 Å². The normalized spacial score (nSPS) is 11.3. The van der Waals surface area contributed by atoms with Gasteiger partial charge in [-0.15, -0.1) is 0 Å². The van der Waals surface area contributed by atoms with E-state index in [-0.39, 0.29) is 0 Å². The van der Waals surface area contributed by atoms with Gasteiger partial charge < -0.3 is 0 Å². The summed E-state index contributed by atoms with van der Waals surface area (Å²) in [5, 5.41) is 0. The van der Waals surface area contributed by atoms with Crippen LogP contribution < -0.4 is 0 Å². The summed E-state index contributed by atoms with van der Waals surface area (Å²) < 4.78 is 0. The minimum Gasteiger partial charge on any atom is -0.0942 e. The lowest BCUT2D eigenvalue weighted by molar-refractivity contribution is 0.627. The molecule has 4 heteroatoms. The molecule has 0 saturated heterocycles. The molecule has 0 N–H and O–H groups in total. The van der Waals surface area contributed by atoms with Gasteiger partial charge in [0.1, 0.15) is 0 Å². The Balaban J connectivity index is 2.94. The highest BCUT2D eigenvalue weighted by Crippen LogP contribution is 2.26. The average molecular weight is 425 g/mol. The summed E-state index contributed by atoms with van der Waals surface area (Å²) in [6, 6.07) is 0. The first-order valence-corrected chi connectivity index (χ1v) is 15.9. The van der Waals surface area contributed by atoms with Crippen molar-refractivity contribution in [1.29, 1.82) is 0 Å². The van der Waals surface area contributed by atoms with Gasteiger partial charge in [-0.05, 0) is 25.7 Å². The van der Waals surface area contributed by atoms with Crippen molar-refractivity contribution in [1.82, 2.24) is 0 Å². The molecule has 0 aromatic rings. The minimum atomic E-state index is 1.36. The van der Waals surface area contributed by atoms with Crippen molar-refractivity contribution >= 4 is 43.2 Å². The average Bonchev–Trinajstić information content (AvgIpc) is 2.63. The molecule has 0 spiro atoms. The van der Waals surface area contributed by atoms with Crippen molar-refractivity contribution in [2.24, 2.45) is 0 Å². The van der Waals surface area contributed by atoms with Gasteiger partial charge in [0, 0.05) is 23.0 Å². The zero-order chi connectivity index (χ0) is 18.3. The predicted molar refractivity (Wildman–Crippen MR) is 130 cm³/mol. The highest BCUT2D eigenvalue weighted by Gasteiger charge is 1.96. The van der Waals surface area contributed by atoms with E-state index in [1.807, 2.05) is 0 Å². The van der Waals surface area contributed by atoms with E-state index in [9.17, 15) is 0 Å². The van der Waals surface area contributed by atoms with Crippen LogP contribution in [-0.2, 0) is 0 Å². The Hall–Kier alpha value is 1.40. The number of rotatable bonds is 22. The van der Waals surface area contributed by atoms with Gasteiger partial charge in [0.15, 0.2) is 0 Å². The molecule has 0 aromatic carbocycles. The Morgan fingerprint density at radius 3 is 0.880 bits per heavy atom. The topological polar surface area (TPSA) is 0 Å². The quantitative estimate of drug-likeness (QED) is 0.125. The molecule has 0 aliphatic rings. The number of hydrogen-bond acceptors (Lipinski definition) is 4. The van der Waals surface area contributed by atoms with Crippen LogP contribution in [0.2, 0.25) is 0 Å². The van der Waals surface area contributed by atoms with Crippen LogP contribution in [0.3, 0.4) is 0 Å². The van der Waals surface area contributed by atoms with Crippen LogP contribution >= 0.6 is 43.2 Å². The third-order valence-corrected chi connectivity index (χ3v) is 9.44. The number of unbranched alkanes of at least 4 members (excludes halogenated alkanes) is 12. The van der Waals surface area contributed by atoms with Crippen LogP contribution in [-0.4, -0.2) is 23.0 Å². The third-order valence-electron chi connectivity index (χ3n) is 4.28. The Labute approximate surface area is 175 Å². The largest absolute Gasteiger partial charge is 0.0942 e. The van der Waals surface area contributed by atoms with E-state index in [4.69, 9.17) is 0 Å². The highest BCUT2D eigenvalue weighted by atomic mass is 33.1. The molecule has 0 bridgehead atoms. The fourth-order valence-electron chi connectivity index (χ4n) is 2.62. The second-order valence-corrected chi connectivity index (χ2v) is 12.3. The molecule has 0 nitrogen and oxygen atoms in total. The lowest BCUT2D eigenvalue weighted by Crippen LogP contribution is -1.84. The molecule has 0 saturated carbocycles. The third kappa shape index (κ3) is 25.4.